The predicted octanol–water partition coefficient (Wildman–Crippen LogP) is 4.76. The SMILES string of the molecule is O=C1Nc2cc(C=CCNC(=O)c3cccc(Nc4ccc(F)c(F)c4)n3)ccc2C1=Cc1cnc[nH]1. The zero-order valence-electron chi connectivity index (χ0n) is 19.3. The monoisotopic (exact) mass is 498 g/mol. The van der Waals surface area contributed by atoms with Crippen molar-refractivity contribution in [2.24, 2.45) is 0 Å². The maximum Gasteiger partial charge on any atom is 0.270 e. The third-order valence-corrected chi connectivity index (χ3v) is 5.51. The lowest BCUT2D eigenvalue weighted by molar-refractivity contribution is -0.110. The molecule has 0 saturated heterocycles. The molecule has 2 aromatic carbocycles. The van der Waals surface area contributed by atoms with Crippen molar-refractivity contribution in [1.29, 1.82) is 0 Å². The van der Waals surface area contributed by atoms with E-state index in [0.29, 0.717) is 22.8 Å². The van der Waals surface area contributed by atoms with Crippen LogP contribution in [0.4, 0.5) is 26.0 Å². The minimum atomic E-state index is -0.984. The first-order valence-electron chi connectivity index (χ1n) is 11.3. The molecule has 0 unspecified atom stereocenters. The van der Waals surface area contributed by atoms with Crippen LogP contribution in [-0.4, -0.2) is 33.3 Å². The normalized spacial score (nSPS) is 13.6. The molecule has 1 aliphatic rings. The summed E-state index contributed by atoms with van der Waals surface area (Å²) in [6.45, 7) is 0.246. The second kappa shape index (κ2) is 10.2. The van der Waals surface area contributed by atoms with Crippen molar-refractivity contribution in [3.05, 3.63) is 107 Å². The van der Waals surface area contributed by atoms with Gasteiger partial charge in [0, 0.05) is 29.5 Å². The van der Waals surface area contributed by atoms with Crippen LogP contribution in [0, 0.1) is 11.6 Å². The Morgan fingerprint density at radius 3 is 2.76 bits per heavy atom. The Balaban J connectivity index is 1.19. The fourth-order valence-electron chi connectivity index (χ4n) is 3.75. The van der Waals surface area contributed by atoms with Crippen LogP contribution in [0.3, 0.4) is 0 Å². The molecule has 37 heavy (non-hydrogen) atoms. The zero-order valence-corrected chi connectivity index (χ0v) is 19.3. The summed E-state index contributed by atoms with van der Waals surface area (Å²) < 4.78 is 26.5. The second-order valence-electron chi connectivity index (χ2n) is 8.10. The molecule has 0 spiro atoms. The number of imidazole rings is 1. The van der Waals surface area contributed by atoms with Gasteiger partial charge in [-0.15, -0.1) is 0 Å². The van der Waals surface area contributed by atoms with E-state index in [1.807, 2.05) is 24.3 Å². The maximum atomic E-state index is 13.4. The molecule has 10 heteroatoms. The fraction of sp³-hybridized carbons (Fsp3) is 0.0370. The van der Waals surface area contributed by atoms with Crippen LogP contribution in [-0.2, 0) is 4.79 Å². The Morgan fingerprint density at radius 2 is 1.95 bits per heavy atom. The van der Waals surface area contributed by atoms with E-state index in [-0.39, 0.29) is 18.1 Å². The van der Waals surface area contributed by atoms with E-state index < -0.39 is 17.5 Å². The Kier molecular flexibility index (Phi) is 6.54. The number of anilines is 3. The summed E-state index contributed by atoms with van der Waals surface area (Å²) >= 11 is 0. The number of carbonyl (C=O) groups is 2. The smallest absolute Gasteiger partial charge is 0.270 e. The molecule has 184 valence electrons. The van der Waals surface area contributed by atoms with Crippen molar-refractivity contribution in [1.82, 2.24) is 20.3 Å². The lowest BCUT2D eigenvalue weighted by atomic mass is 10.0. The molecular formula is C27H20F2N6O2. The van der Waals surface area contributed by atoms with Gasteiger partial charge in [-0.2, -0.15) is 0 Å². The third-order valence-electron chi connectivity index (χ3n) is 5.51. The highest BCUT2D eigenvalue weighted by Crippen LogP contribution is 2.33. The summed E-state index contributed by atoms with van der Waals surface area (Å²) in [5.74, 6) is -2.20. The number of aromatic amines is 1. The maximum absolute atomic E-state index is 13.4. The van der Waals surface area contributed by atoms with Gasteiger partial charge in [-0.25, -0.2) is 18.7 Å². The summed E-state index contributed by atoms with van der Waals surface area (Å²) in [5, 5.41) is 8.46. The summed E-state index contributed by atoms with van der Waals surface area (Å²) in [6.07, 6.45) is 8.54. The van der Waals surface area contributed by atoms with Gasteiger partial charge in [-0.3, -0.25) is 9.59 Å². The number of amides is 2. The Bertz CT molecular complexity index is 1550. The Morgan fingerprint density at radius 1 is 1.05 bits per heavy atom. The first-order valence-corrected chi connectivity index (χ1v) is 11.3. The van der Waals surface area contributed by atoms with Gasteiger partial charge >= 0.3 is 0 Å². The molecule has 5 rings (SSSR count). The van der Waals surface area contributed by atoms with Gasteiger partial charge in [-0.05, 0) is 42.0 Å². The van der Waals surface area contributed by atoms with Crippen molar-refractivity contribution >= 4 is 46.7 Å². The molecular weight excluding hydrogens is 478 g/mol. The number of hydrogen-bond acceptors (Lipinski definition) is 5. The topological polar surface area (TPSA) is 112 Å². The molecule has 4 aromatic rings. The summed E-state index contributed by atoms with van der Waals surface area (Å²) in [6, 6.07) is 13.8. The average Bonchev–Trinajstić information content (AvgIpc) is 3.52. The number of benzene rings is 2. The lowest BCUT2D eigenvalue weighted by Gasteiger charge is -2.08. The van der Waals surface area contributed by atoms with Gasteiger partial charge in [0.05, 0.1) is 23.8 Å². The van der Waals surface area contributed by atoms with Crippen LogP contribution < -0.4 is 16.0 Å². The van der Waals surface area contributed by atoms with Crippen LogP contribution >= 0.6 is 0 Å². The summed E-state index contributed by atoms with van der Waals surface area (Å²) in [5.41, 5.74) is 4.12. The van der Waals surface area contributed by atoms with Crippen molar-refractivity contribution in [2.75, 3.05) is 17.2 Å². The van der Waals surface area contributed by atoms with E-state index in [0.717, 1.165) is 29.0 Å². The van der Waals surface area contributed by atoms with E-state index in [4.69, 9.17) is 0 Å². The number of halogens is 2. The molecule has 0 bridgehead atoms. The highest BCUT2D eigenvalue weighted by Gasteiger charge is 2.24. The van der Waals surface area contributed by atoms with Crippen LogP contribution in [0.15, 0.2) is 73.2 Å². The average molecular weight is 498 g/mol. The predicted molar refractivity (Wildman–Crippen MR) is 137 cm³/mol. The Hall–Kier alpha value is -5.12. The number of pyridine rings is 1. The second-order valence-corrected chi connectivity index (χ2v) is 8.10. The van der Waals surface area contributed by atoms with Gasteiger partial charge in [0.1, 0.15) is 11.5 Å². The first-order chi connectivity index (χ1) is 18.0. The van der Waals surface area contributed by atoms with Gasteiger partial charge in [-0.1, -0.05) is 30.4 Å². The lowest BCUT2D eigenvalue weighted by Crippen LogP contribution is -2.24. The van der Waals surface area contributed by atoms with Gasteiger partial charge in [0.15, 0.2) is 11.6 Å². The standard InChI is InChI=1S/C27H20F2N6O2/c28-21-9-7-17(13-22(21)29)33-25-5-1-4-23(34-25)27(37)31-10-2-3-16-6-8-19-20(12-18-14-30-15-32-18)26(36)35-24(19)11-16/h1-9,11-15H,10H2,(H,30,32)(H,31,37)(H,33,34)(H,35,36). The molecule has 0 saturated carbocycles. The van der Waals surface area contributed by atoms with Crippen molar-refractivity contribution in [3.8, 4) is 0 Å². The minimum absolute atomic E-state index is 0.165. The third kappa shape index (κ3) is 5.43. The minimum Gasteiger partial charge on any atom is -0.347 e. The highest BCUT2D eigenvalue weighted by atomic mass is 19.2. The zero-order chi connectivity index (χ0) is 25.8. The number of H-pyrrole nitrogens is 1. The van der Waals surface area contributed by atoms with Crippen LogP contribution in [0.5, 0.6) is 0 Å². The highest BCUT2D eigenvalue weighted by molar-refractivity contribution is 6.34. The number of nitrogens with zero attached hydrogens (tertiary/aromatic N) is 2. The van der Waals surface area contributed by atoms with E-state index in [1.54, 1.807) is 42.9 Å². The van der Waals surface area contributed by atoms with Crippen LogP contribution in [0.2, 0.25) is 0 Å². The Labute approximate surface area is 210 Å². The van der Waals surface area contributed by atoms with Crippen molar-refractivity contribution in [3.63, 3.8) is 0 Å². The number of aromatic nitrogens is 3. The molecule has 0 radical (unpaired) electrons. The van der Waals surface area contributed by atoms with Crippen LogP contribution in [0.25, 0.3) is 17.7 Å². The van der Waals surface area contributed by atoms with Crippen LogP contribution in [0.1, 0.15) is 27.3 Å². The summed E-state index contributed by atoms with van der Waals surface area (Å²) in [7, 11) is 0. The number of hydrogen-bond donors (Lipinski definition) is 4. The van der Waals surface area contributed by atoms with Gasteiger partial charge < -0.3 is 20.9 Å². The molecule has 1 aliphatic heterocycles. The van der Waals surface area contributed by atoms with Gasteiger partial charge in [0.2, 0.25) is 0 Å². The van der Waals surface area contributed by atoms with Gasteiger partial charge in [0.25, 0.3) is 11.8 Å². The van der Waals surface area contributed by atoms with E-state index >= 15 is 0 Å². The van der Waals surface area contributed by atoms with E-state index in [2.05, 4.69) is 30.9 Å². The molecule has 2 amide bonds. The molecule has 3 heterocycles. The number of fused-ring (bicyclic) bond motifs is 1. The fourth-order valence-corrected chi connectivity index (χ4v) is 3.75. The quantitative estimate of drug-likeness (QED) is 0.275. The molecule has 0 aliphatic carbocycles. The first kappa shape index (κ1) is 23.6. The number of rotatable bonds is 7. The summed E-state index contributed by atoms with van der Waals surface area (Å²) in [4.78, 5) is 36.0. The van der Waals surface area contributed by atoms with E-state index in [9.17, 15) is 18.4 Å². The van der Waals surface area contributed by atoms with E-state index in [1.165, 1.54) is 6.07 Å². The number of nitrogens with one attached hydrogen (secondary N) is 4. The molecule has 4 N–H and O–H groups in total. The van der Waals surface area contributed by atoms with Crippen molar-refractivity contribution in [2.45, 2.75) is 0 Å². The molecule has 0 atom stereocenters. The molecule has 2 aromatic heterocycles. The largest absolute Gasteiger partial charge is 0.347 e. The number of carbonyl (C=O) groups excluding carboxylic acids is 2. The molecule has 0 fully saturated rings. The van der Waals surface area contributed by atoms with Crippen molar-refractivity contribution < 1.29 is 18.4 Å². The molecule has 8 nitrogen and oxygen atoms in total.